The topological polar surface area (TPSA) is 55.9 Å². The van der Waals surface area contributed by atoms with Crippen molar-refractivity contribution in [3.8, 4) is 28.8 Å². The van der Waals surface area contributed by atoms with Crippen molar-refractivity contribution < 1.29 is 0 Å². The van der Waals surface area contributed by atoms with Crippen molar-refractivity contribution in [2.24, 2.45) is 4.99 Å². The fraction of sp³-hybridized carbons (Fsp3) is 0.0175. The van der Waals surface area contributed by atoms with Gasteiger partial charge >= 0.3 is 0 Å². The molecule has 9 aromatic carbocycles. The minimum atomic E-state index is 0.537. The SMILES string of the molecule is CN=Cc1c(-n2c3ccccc3c3ccccc32)c(-n2c3ccccc3c3ccccc32)c(C#N)c(-n2c3ccccc3c3ccccc32)c1-n1c2ccccc2c2ccccc21. The number of hydrogen-bond acceptors (Lipinski definition) is 2. The molecule has 0 aliphatic carbocycles. The van der Waals surface area contributed by atoms with E-state index in [2.05, 4.69) is 218 Å². The molecule has 294 valence electrons. The number of hydrogen-bond donors (Lipinski definition) is 0. The van der Waals surface area contributed by atoms with Crippen molar-refractivity contribution in [3.05, 3.63) is 205 Å². The molecule has 13 aromatic rings. The molecule has 0 spiro atoms. The number of rotatable bonds is 5. The van der Waals surface area contributed by atoms with Crippen LogP contribution in [0.15, 0.2) is 199 Å². The van der Waals surface area contributed by atoms with Crippen LogP contribution >= 0.6 is 0 Å². The lowest BCUT2D eigenvalue weighted by atomic mass is 9.98. The summed E-state index contributed by atoms with van der Waals surface area (Å²) in [6.45, 7) is 0. The highest BCUT2D eigenvalue weighted by Crippen LogP contribution is 2.48. The smallest absolute Gasteiger partial charge is 0.104 e. The van der Waals surface area contributed by atoms with Crippen molar-refractivity contribution >= 4 is 93.4 Å². The zero-order chi connectivity index (χ0) is 41.8. The summed E-state index contributed by atoms with van der Waals surface area (Å²) in [7, 11) is 1.85. The quantitative estimate of drug-likeness (QED) is 0.160. The van der Waals surface area contributed by atoms with Gasteiger partial charge in [-0.2, -0.15) is 5.26 Å². The van der Waals surface area contributed by atoms with Gasteiger partial charge < -0.3 is 18.3 Å². The highest BCUT2D eigenvalue weighted by atomic mass is 15.1. The molecular weight excluding hydrogens is 769 g/mol. The second-order valence-corrected chi connectivity index (χ2v) is 16.2. The van der Waals surface area contributed by atoms with E-state index < -0.39 is 0 Å². The third kappa shape index (κ3) is 4.73. The fourth-order valence-electron chi connectivity index (χ4n) is 10.6. The Kier molecular flexibility index (Phi) is 7.48. The van der Waals surface area contributed by atoms with Crippen LogP contribution < -0.4 is 0 Å². The normalized spacial score (nSPS) is 12.1. The Balaban J connectivity index is 1.40. The molecule has 63 heavy (non-hydrogen) atoms. The summed E-state index contributed by atoms with van der Waals surface area (Å²) in [5.74, 6) is 0. The van der Waals surface area contributed by atoms with Crippen molar-refractivity contribution in [2.45, 2.75) is 0 Å². The summed E-state index contributed by atoms with van der Waals surface area (Å²) in [5.41, 5.74) is 12.9. The average molecular weight is 805 g/mol. The third-order valence-electron chi connectivity index (χ3n) is 13.0. The lowest BCUT2D eigenvalue weighted by Crippen LogP contribution is -2.17. The Labute approximate surface area is 361 Å². The van der Waals surface area contributed by atoms with Crippen LogP contribution in [0.1, 0.15) is 11.1 Å². The van der Waals surface area contributed by atoms with E-state index in [1.165, 1.54) is 0 Å². The Morgan fingerprint density at radius 2 is 0.540 bits per heavy atom. The summed E-state index contributed by atoms with van der Waals surface area (Å²) in [6, 6.07) is 71.7. The lowest BCUT2D eigenvalue weighted by Gasteiger charge is -2.28. The largest absolute Gasteiger partial charge is 0.306 e. The molecule has 0 amide bonds. The molecule has 0 fully saturated rings. The molecule has 6 heteroatoms. The van der Waals surface area contributed by atoms with Crippen LogP contribution in [0, 0.1) is 11.3 Å². The molecule has 0 saturated carbocycles. The Bertz CT molecular complexity index is 3660. The molecule has 0 aliphatic rings. The van der Waals surface area contributed by atoms with E-state index in [9.17, 15) is 5.26 Å². The summed E-state index contributed by atoms with van der Waals surface area (Å²) >= 11 is 0. The van der Waals surface area contributed by atoms with Crippen molar-refractivity contribution in [2.75, 3.05) is 7.05 Å². The second-order valence-electron chi connectivity index (χ2n) is 16.2. The standard InChI is InChI=1S/C57H36N6/c1-59-35-45-56(62-50-30-14-6-22-40(50)41-23-7-15-31-51(41)62)54(60-46-26-10-2-18-36(46)37-19-3-11-27-47(37)60)44(34-58)55(61-48-28-12-4-20-38(48)39-21-5-13-29-49(39)61)57(45)63-52-32-16-8-24-42(52)43-25-9-17-33-53(43)63/h2-33,35H,1H3. The fourth-order valence-corrected chi connectivity index (χ4v) is 10.6. The highest BCUT2D eigenvalue weighted by molar-refractivity contribution is 6.17. The maximum absolute atomic E-state index is 12.4. The van der Waals surface area contributed by atoms with Crippen molar-refractivity contribution in [1.82, 2.24) is 18.3 Å². The zero-order valence-corrected chi connectivity index (χ0v) is 34.2. The minimum absolute atomic E-state index is 0.537. The van der Waals surface area contributed by atoms with Gasteiger partial charge in [-0.05, 0) is 48.5 Å². The Morgan fingerprint density at radius 1 is 0.333 bits per heavy atom. The first-order valence-electron chi connectivity index (χ1n) is 21.3. The summed E-state index contributed by atoms with van der Waals surface area (Å²) in [6.07, 6.45) is 2.02. The molecule has 6 nitrogen and oxygen atoms in total. The van der Waals surface area contributed by atoms with Crippen molar-refractivity contribution in [1.29, 1.82) is 5.26 Å². The first-order valence-corrected chi connectivity index (χ1v) is 21.3. The summed E-state index contributed by atoms with van der Waals surface area (Å²) < 4.78 is 9.44. The highest BCUT2D eigenvalue weighted by Gasteiger charge is 2.33. The van der Waals surface area contributed by atoms with Crippen LogP contribution in [0.4, 0.5) is 0 Å². The van der Waals surface area contributed by atoms with E-state index in [0.29, 0.717) is 5.56 Å². The predicted molar refractivity (Wildman–Crippen MR) is 262 cm³/mol. The van der Waals surface area contributed by atoms with Crippen LogP contribution in [-0.4, -0.2) is 31.5 Å². The van der Waals surface area contributed by atoms with Crippen LogP contribution in [0.25, 0.3) is 110 Å². The maximum Gasteiger partial charge on any atom is 0.104 e. The van der Waals surface area contributed by atoms with Gasteiger partial charge in [-0.15, -0.1) is 0 Å². The van der Waals surface area contributed by atoms with Gasteiger partial charge in [0.05, 0.1) is 66.9 Å². The second kappa shape index (κ2) is 13.4. The molecule has 0 unspecified atom stereocenters. The molecule has 0 bridgehead atoms. The maximum atomic E-state index is 12.4. The van der Waals surface area contributed by atoms with Gasteiger partial charge in [0.1, 0.15) is 11.6 Å². The molecule has 0 N–H and O–H groups in total. The molecule has 0 radical (unpaired) electrons. The van der Waals surface area contributed by atoms with Crippen LogP contribution in [0.3, 0.4) is 0 Å². The van der Waals surface area contributed by atoms with Crippen LogP contribution in [0.2, 0.25) is 0 Å². The van der Waals surface area contributed by atoms with Gasteiger partial charge in [-0.1, -0.05) is 146 Å². The third-order valence-corrected chi connectivity index (χ3v) is 13.0. The van der Waals surface area contributed by atoms with Gasteiger partial charge in [0.25, 0.3) is 0 Å². The Hall–Kier alpha value is -8.66. The summed E-state index contributed by atoms with van der Waals surface area (Å²) in [5, 5.41) is 21.3. The van der Waals surface area contributed by atoms with Crippen LogP contribution in [0.5, 0.6) is 0 Å². The molecule has 0 aliphatic heterocycles. The number of para-hydroxylation sites is 8. The first-order chi connectivity index (χ1) is 31.3. The predicted octanol–water partition coefficient (Wildman–Crippen LogP) is 14.0. The van der Waals surface area contributed by atoms with Crippen molar-refractivity contribution in [3.63, 3.8) is 0 Å². The summed E-state index contributed by atoms with van der Waals surface area (Å²) in [4.78, 5) is 4.96. The molecular formula is C57H36N6. The Morgan fingerprint density at radius 3 is 0.746 bits per heavy atom. The van der Waals surface area contributed by atoms with E-state index in [1.807, 2.05) is 13.3 Å². The monoisotopic (exact) mass is 804 g/mol. The zero-order valence-electron chi connectivity index (χ0n) is 34.2. The van der Waals surface area contributed by atoms with E-state index in [4.69, 9.17) is 4.99 Å². The van der Waals surface area contributed by atoms with Gasteiger partial charge in [0, 0.05) is 61.9 Å². The number of fused-ring (bicyclic) bond motifs is 12. The number of benzene rings is 9. The van der Waals surface area contributed by atoms with E-state index in [-0.39, 0.29) is 0 Å². The lowest BCUT2D eigenvalue weighted by molar-refractivity contribution is 1.03. The van der Waals surface area contributed by atoms with Gasteiger partial charge in [0.15, 0.2) is 0 Å². The molecule has 4 aromatic heterocycles. The molecule has 0 saturated heterocycles. The number of aromatic nitrogens is 4. The van der Waals surface area contributed by atoms with Gasteiger partial charge in [-0.25, -0.2) is 0 Å². The number of nitrogens with zero attached hydrogens (tertiary/aromatic N) is 6. The van der Waals surface area contributed by atoms with Gasteiger partial charge in [-0.3, -0.25) is 4.99 Å². The van der Waals surface area contributed by atoms with E-state index in [1.54, 1.807) is 0 Å². The van der Waals surface area contributed by atoms with E-state index in [0.717, 1.165) is 116 Å². The van der Waals surface area contributed by atoms with Gasteiger partial charge in [0.2, 0.25) is 0 Å². The molecule has 13 rings (SSSR count). The first kappa shape index (κ1) is 35.1. The molecule has 0 atom stereocenters. The average Bonchev–Trinajstić information content (AvgIpc) is 4.06. The minimum Gasteiger partial charge on any atom is -0.306 e. The molecule has 4 heterocycles. The van der Waals surface area contributed by atoms with Crippen LogP contribution in [-0.2, 0) is 0 Å². The number of aliphatic imine (C=N–C) groups is 1. The number of nitriles is 1. The van der Waals surface area contributed by atoms with E-state index >= 15 is 0 Å².